The second-order valence-electron chi connectivity index (χ2n) is 6.09. The van der Waals surface area contributed by atoms with Gasteiger partial charge in [0.25, 0.3) is 0 Å². The van der Waals surface area contributed by atoms with Gasteiger partial charge in [0.05, 0.1) is 23.4 Å². The Bertz CT molecular complexity index is 476. The van der Waals surface area contributed by atoms with Crippen LogP contribution in [0, 0.1) is 0 Å². The SMILES string of the molecule is CC1CN(c2ccc(CNC3CC3)cc2Cl)C(C)CO1. The third-order valence-electron chi connectivity index (χ3n) is 4.10. The molecule has 1 saturated carbocycles. The molecule has 20 heavy (non-hydrogen) atoms. The van der Waals surface area contributed by atoms with Gasteiger partial charge in [-0.3, -0.25) is 0 Å². The zero-order chi connectivity index (χ0) is 14.1. The lowest BCUT2D eigenvalue weighted by atomic mass is 10.1. The standard InChI is InChI=1S/C16H23ClN2O/c1-11-10-20-12(2)9-19(11)16-6-3-13(7-15(16)17)8-18-14-4-5-14/h3,6-7,11-12,14,18H,4-5,8-10H2,1-2H3. The van der Waals surface area contributed by atoms with Crippen LogP contribution in [0.15, 0.2) is 18.2 Å². The molecule has 1 aliphatic carbocycles. The first-order valence-corrected chi connectivity index (χ1v) is 7.91. The summed E-state index contributed by atoms with van der Waals surface area (Å²) in [6.45, 7) is 6.88. The Labute approximate surface area is 126 Å². The first-order valence-electron chi connectivity index (χ1n) is 7.53. The Hall–Kier alpha value is -0.770. The summed E-state index contributed by atoms with van der Waals surface area (Å²) in [5.74, 6) is 0. The summed E-state index contributed by atoms with van der Waals surface area (Å²) in [6.07, 6.45) is 2.89. The van der Waals surface area contributed by atoms with Crippen LogP contribution in [0.4, 0.5) is 5.69 Å². The summed E-state index contributed by atoms with van der Waals surface area (Å²) < 4.78 is 5.68. The molecule has 4 heteroatoms. The van der Waals surface area contributed by atoms with Gasteiger partial charge in [0.2, 0.25) is 0 Å². The minimum atomic E-state index is 0.262. The van der Waals surface area contributed by atoms with Crippen LogP contribution in [-0.2, 0) is 11.3 Å². The number of hydrogen-bond donors (Lipinski definition) is 1. The summed E-state index contributed by atoms with van der Waals surface area (Å²) in [5.41, 5.74) is 2.39. The molecular weight excluding hydrogens is 272 g/mol. The lowest BCUT2D eigenvalue weighted by molar-refractivity contribution is 0.0344. The molecule has 0 aromatic heterocycles. The van der Waals surface area contributed by atoms with Crippen molar-refractivity contribution in [3.8, 4) is 0 Å². The minimum Gasteiger partial charge on any atom is -0.375 e. The van der Waals surface area contributed by atoms with E-state index in [0.29, 0.717) is 6.04 Å². The van der Waals surface area contributed by atoms with E-state index in [0.717, 1.165) is 36.4 Å². The number of anilines is 1. The van der Waals surface area contributed by atoms with E-state index in [2.05, 4.69) is 42.3 Å². The molecule has 2 aliphatic rings. The van der Waals surface area contributed by atoms with Gasteiger partial charge in [-0.25, -0.2) is 0 Å². The van der Waals surface area contributed by atoms with Gasteiger partial charge in [0.1, 0.15) is 0 Å². The molecule has 0 amide bonds. The van der Waals surface area contributed by atoms with E-state index in [1.807, 2.05) is 0 Å². The van der Waals surface area contributed by atoms with Gasteiger partial charge in [-0.2, -0.15) is 0 Å². The van der Waals surface area contributed by atoms with Crippen LogP contribution in [-0.4, -0.2) is 31.3 Å². The highest BCUT2D eigenvalue weighted by molar-refractivity contribution is 6.33. The molecule has 110 valence electrons. The third-order valence-corrected chi connectivity index (χ3v) is 4.40. The maximum atomic E-state index is 6.50. The predicted molar refractivity (Wildman–Crippen MR) is 83.5 cm³/mol. The van der Waals surface area contributed by atoms with Gasteiger partial charge in [0.15, 0.2) is 0 Å². The van der Waals surface area contributed by atoms with Crippen LogP contribution < -0.4 is 10.2 Å². The molecule has 1 saturated heterocycles. The van der Waals surface area contributed by atoms with Crippen LogP contribution in [0.2, 0.25) is 5.02 Å². The topological polar surface area (TPSA) is 24.5 Å². The van der Waals surface area contributed by atoms with Gasteiger partial charge in [-0.15, -0.1) is 0 Å². The number of hydrogen-bond acceptors (Lipinski definition) is 3. The minimum absolute atomic E-state index is 0.262. The normalized spacial score (nSPS) is 26.9. The maximum Gasteiger partial charge on any atom is 0.0723 e. The highest BCUT2D eigenvalue weighted by atomic mass is 35.5. The van der Waals surface area contributed by atoms with Crippen molar-refractivity contribution in [1.82, 2.24) is 5.32 Å². The average molecular weight is 295 g/mol. The average Bonchev–Trinajstić information content (AvgIpc) is 3.24. The summed E-state index contributed by atoms with van der Waals surface area (Å²) in [4.78, 5) is 2.36. The Morgan fingerprint density at radius 2 is 2.15 bits per heavy atom. The zero-order valence-corrected chi connectivity index (χ0v) is 13.0. The highest BCUT2D eigenvalue weighted by Crippen LogP contribution is 2.30. The van der Waals surface area contributed by atoms with Gasteiger partial charge < -0.3 is 15.0 Å². The quantitative estimate of drug-likeness (QED) is 0.923. The number of ether oxygens (including phenoxy) is 1. The molecule has 0 bridgehead atoms. The molecule has 2 unspecified atom stereocenters. The van der Waals surface area contributed by atoms with E-state index in [4.69, 9.17) is 16.3 Å². The Morgan fingerprint density at radius 3 is 2.85 bits per heavy atom. The number of nitrogens with zero attached hydrogens (tertiary/aromatic N) is 1. The van der Waals surface area contributed by atoms with Gasteiger partial charge in [-0.1, -0.05) is 17.7 Å². The zero-order valence-electron chi connectivity index (χ0n) is 12.2. The van der Waals surface area contributed by atoms with E-state index in [1.165, 1.54) is 18.4 Å². The maximum absolute atomic E-state index is 6.50. The second kappa shape index (κ2) is 5.92. The van der Waals surface area contributed by atoms with Gasteiger partial charge in [0, 0.05) is 25.2 Å². The molecule has 1 aromatic rings. The fourth-order valence-corrected chi connectivity index (χ4v) is 2.99. The largest absolute Gasteiger partial charge is 0.375 e. The fraction of sp³-hybridized carbons (Fsp3) is 0.625. The van der Waals surface area contributed by atoms with Crippen molar-refractivity contribution >= 4 is 17.3 Å². The number of nitrogens with one attached hydrogen (secondary N) is 1. The van der Waals surface area contributed by atoms with E-state index < -0.39 is 0 Å². The molecule has 1 heterocycles. The predicted octanol–water partition coefficient (Wildman–Crippen LogP) is 3.21. The van der Waals surface area contributed by atoms with Crippen molar-refractivity contribution in [2.24, 2.45) is 0 Å². The van der Waals surface area contributed by atoms with Crippen LogP contribution in [0.25, 0.3) is 0 Å². The monoisotopic (exact) mass is 294 g/mol. The molecular formula is C16H23ClN2O. The van der Waals surface area contributed by atoms with Crippen molar-refractivity contribution in [1.29, 1.82) is 0 Å². The van der Waals surface area contributed by atoms with Gasteiger partial charge in [-0.05, 0) is 44.4 Å². The van der Waals surface area contributed by atoms with E-state index in [9.17, 15) is 0 Å². The first-order chi connectivity index (χ1) is 9.63. The van der Waals surface area contributed by atoms with Gasteiger partial charge >= 0.3 is 0 Å². The second-order valence-corrected chi connectivity index (χ2v) is 6.49. The van der Waals surface area contributed by atoms with E-state index in [-0.39, 0.29) is 6.10 Å². The summed E-state index contributed by atoms with van der Waals surface area (Å²) in [5, 5.41) is 4.37. The molecule has 3 rings (SSSR count). The molecule has 3 nitrogen and oxygen atoms in total. The third kappa shape index (κ3) is 3.27. The van der Waals surface area contributed by atoms with Crippen molar-refractivity contribution < 1.29 is 4.74 Å². The molecule has 0 spiro atoms. The first kappa shape index (κ1) is 14.2. The number of benzene rings is 1. The molecule has 2 atom stereocenters. The van der Waals surface area contributed by atoms with Crippen molar-refractivity contribution in [2.45, 2.75) is 51.4 Å². The molecule has 1 N–H and O–H groups in total. The van der Waals surface area contributed by atoms with Crippen LogP contribution in [0.3, 0.4) is 0 Å². The Balaban J connectivity index is 1.71. The lowest BCUT2D eigenvalue weighted by Gasteiger charge is -2.39. The van der Waals surface area contributed by atoms with E-state index >= 15 is 0 Å². The van der Waals surface area contributed by atoms with Crippen molar-refractivity contribution in [3.63, 3.8) is 0 Å². The number of morpholine rings is 1. The Kier molecular flexibility index (Phi) is 4.20. The highest BCUT2D eigenvalue weighted by Gasteiger charge is 2.25. The van der Waals surface area contributed by atoms with Crippen LogP contribution in [0.5, 0.6) is 0 Å². The molecule has 2 fully saturated rings. The van der Waals surface area contributed by atoms with E-state index in [1.54, 1.807) is 0 Å². The fourth-order valence-electron chi connectivity index (χ4n) is 2.68. The summed E-state index contributed by atoms with van der Waals surface area (Å²) in [7, 11) is 0. The smallest absolute Gasteiger partial charge is 0.0723 e. The molecule has 0 radical (unpaired) electrons. The molecule has 1 aliphatic heterocycles. The number of halogens is 1. The summed E-state index contributed by atoms with van der Waals surface area (Å²) >= 11 is 6.50. The summed E-state index contributed by atoms with van der Waals surface area (Å²) in [6, 6.07) is 7.54. The van der Waals surface area contributed by atoms with Crippen LogP contribution >= 0.6 is 11.6 Å². The van der Waals surface area contributed by atoms with Crippen LogP contribution in [0.1, 0.15) is 32.3 Å². The van der Waals surface area contributed by atoms with Crippen molar-refractivity contribution in [2.75, 3.05) is 18.1 Å². The molecule has 1 aromatic carbocycles. The van der Waals surface area contributed by atoms with Crippen molar-refractivity contribution in [3.05, 3.63) is 28.8 Å². The Morgan fingerprint density at radius 1 is 1.35 bits per heavy atom. The number of rotatable bonds is 4. The lowest BCUT2D eigenvalue weighted by Crippen LogP contribution is -2.47.